The van der Waals surface area contributed by atoms with Crippen LogP contribution in [-0.2, 0) is 14.8 Å². The van der Waals surface area contributed by atoms with E-state index in [9.17, 15) is 13.2 Å². The number of anilines is 1. The standard InChI is InChI=1S/C27H32N2O7S/c1-6-36-23-13-9-21(10-14-23)29(37(31,32)24-15-16-25(34-4)26(17-24)35-5)18-27(30)28-19(2)20-7-11-22(33-3)12-8-20/h7-17,19H,6,18H2,1-5H3,(H,28,30)/t19-/m1/s1. The average Bonchev–Trinajstić information content (AvgIpc) is 2.91. The van der Waals surface area contributed by atoms with E-state index in [-0.39, 0.29) is 16.7 Å². The van der Waals surface area contributed by atoms with Crippen LogP contribution in [0.15, 0.2) is 71.6 Å². The van der Waals surface area contributed by atoms with E-state index in [1.165, 1.54) is 32.4 Å². The van der Waals surface area contributed by atoms with Crippen LogP contribution in [-0.4, -0.2) is 48.8 Å². The quantitative estimate of drug-likeness (QED) is 0.376. The van der Waals surface area contributed by atoms with Crippen molar-refractivity contribution in [3.63, 3.8) is 0 Å². The number of hydrogen-bond donors (Lipinski definition) is 1. The Morgan fingerprint density at radius 3 is 2.05 bits per heavy atom. The van der Waals surface area contributed by atoms with E-state index >= 15 is 0 Å². The number of rotatable bonds is 12. The fourth-order valence-electron chi connectivity index (χ4n) is 3.69. The van der Waals surface area contributed by atoms with E-state index in [2.05, 4.69) is 5.32 Å². The van der Waals surface area contributed by atoms with Crippen LogP contribution in [0.5, 0.6) is 23.0 Å². The maximum atomic E-state index is 13.8. The minimum absolute atomic E-state index is 0.0463. The lowest BCUT2D eigenvalue weighted by Crippen LogP contribution is -2.41. The van der Waals surface area contributed by atoms with Gasteiger partial charge < -0.3 is 24.3 Å². The molecule has 0 aliphatic heterocycles. The monoisotopic (exact) mass is 528 g/mol. The largest absolute Gasteiger partial charge is 0.497 e. The van der Waals surface area contributed by atoms with E-state index < -0.39 is 22.5 Å². The Morgan fingerprint density at radius 2 is 1.49 bits per heavy atom. The third kappa shape index (κ3) is 6.65. The van der Waals surface area contributed by atoms with Gasteiger partial charge in [0.15, 0.2) is 11.5 Å². The molecule has 3 rings (SSSR count). The van der Waals surface area contributed by atoms with Crippen molar-refractivity contribution in [2.45, 2.75) is 24.8 Å². The van der Waals surface area contributed by atoms with Crippen molar-refractivity contribution in [3.05, 3.63) is 72.3 Å². The summed E-state index contributed by atoms with van der Waals surface area (Å²) in [6.45, 7) is 3.71. The number of amides is 1. The molecule has 198 valence electrons. The highest BCUT2D eigenvalue weighted by Gasteiger charge is 2.29. The minimum atomic E-state index is -4.16. The topological polar surface area (TPSA) is 103 Å². The van der Waals surface area contributed by atoms with Crippen LogP contribution in [0.2, 0.25) is 0 Å². The SMILES string of the molecule is CCOc1ccc(N(CC(=O)N[C@H](C)c2ccc(OC)cc2)S(=O)(=O)c2ccc(OC)c(OC)c2)cc1. The summed E-state index contributed by atoms with van der Waals surface area (Å²) >= 11 is 0. The second-order valence-corrected chi connectivity index (χ2v) is 9.88. The van der Waals surface area contributed by atoms with Crippen molar-refractivity contribution in [1.29, 1.82) is 0 Å². The van der Waals surface area contributed by atoms with Crippen molar-refractivity contribution in [3.8, 4) is 23.0 Å². The lowest BCUT2D eigenvalue weighted by atomic mass is 10.1. The molecule has 0 aliphatic rings. The number of carbonyl (C=O) groups is 1. The zero-order valence-corrected chi connectivity index (χ0v) is 22.4. The van der Waals surface area contributed by atoms with Crippen molar-refractivity contribution < 1.29 is 32.2 Å². The van der Waals surface area contributed by atoms with Crippen LogP contribution in [0.4, 0.5) is 5.69 Å². The van der Waals surface area contributed by atoms with Gasteiger partial charge in [-0.2, -0.15) is 0 Å². The molecule has 0 aromatic heterocycles. The van der Waals surface area contributed by atoms with Crippen molar-refractivity contribution in [1.82, 2.24) is 5.32 Å². The van der Waals surface area contributed by atoms with Crippen LogP contribution in [0, 0.1) is 0 Å². The third-order valence-electron chi connectivity index (χ3n) is 5.66. The Kier molecular flexibility index (Phi) is 9.24. The summed E-state index contributed by atoms with van der Waals surface area (Å²) < 4.78 is 49.8. The fraction of sp³-hybridized carbons (Fsp3) is 0.296. The molecule has 1 atom stereocenters. The fourth-order valence-corrected chi connectivity index (χ4v) is 5.12. The van der Waals surface area contributed by atoms with Crippen molar-refractivity contribution in [2.75, 3.05) is 38.8 Å². The van der Waals surface area contributed by atoms with Gasteiger partial charge in [0.1, 0.15) is 18.0 Å². The van der Waals surface area contributed by atoms with Crippen LogP contribution >= 0.6 is 0 Å². The molecule has 1 amide bonds. The highest BCUT2D eigenvalue weighted by atomic mass is 32.2. The first-order chi connectivity index (χ1) is 17.7. The van der Waals surface area contributed by atoms with Gasteiger partial charge in [-0.1, -0.05) is 12.1 Å². The van der Waals surface area contributed by atoms with Gasteiger partial charge in [0, 0.05) is 6.07 Å². The lowest BCUT2D eigenvalue weighted by Gasteiger charge is -2.25. The van der Waals surface area contributed by atoms with E-state index in [4.69, 9.17) is 18.9 Å². The molecular weight excluding hydrogens is 496 g/mol. The second-order valence-electron chi connectivity index (χ2n) is 8.02. The summed E-state index contributed by atoms with van der Waals surface area (Å²) in [5.41, 5.74) is 1.16. The second kappa shape index (κ2) is 12.4. The Hall–Kier alpha value is -3.92. The molecular formula is C27H32N2O7S. The van der Waals surface area contributed by atoms with Crippen LogP contribution in [0.3, 0.4) is 0 Å². The van der Waals surface area contributed by atoms with E-state index in [1.807, 2.05) is 26.0 Å². The Labute approximate surface area is 218 Å². The molecule has 3 aromatic rings. The predicted octanol–water partition coefficient (Wildman–Crippen LogP) is 4.18. The minimum Gasteiger partial charge on any atom is -0.497 e. The maximum Gasteiger partial charge on any atom is 0.264 e. The Morgan fingerprint density at radius 1 is 0.865 bits per heavy atom. The third-order valence-corrected chi connectivity index (χ3v) is 7.43. The van der Waals surface area contributed by atoms with E-state index in [0.29, 0.717) is 29.5 Å². The van der Waals surface area contributed by atoms with Crippen LogP contribution < -0.4 is 28.6 Å². The first kappa shape index (κ1) is 27.7. The summed E-state index contributed by atoms with van der Waals surface area (Å²) in [6.07, 6.45) is 0. The number of hydrogen-bond acceptors (Lipinski definition) is 7. The molecule has 0 unspecified atom stereocenters. The number of sulfonamides is 1. The van der Waals surface area contributed by atoms with E-state index in [0.717, 1.165) is 9.87 Å². The molecule has 0 spiro atoms. The van der Waals surface area contributed by atoms with Gasteiger partial charge in [0.2, 0.25) is 5.91 Å². The van der Waals surface area contributed by atoms with Gasteiger partial charge in [-0.05, 0) is 67.9 Å². The molecule has 10 heteroatoms. The van der Waals surface area contributed by atoms with Gasteiger partial charge >= 0.3 is 0 Å². The number of nitrogens with one attached hydrogen (secondary N) is 1. The molecule has 0 fully saturated rings. The van der Waals surface area contributed by atoms with Gasteiger partial charge in [-0.3, -0.25) is 9.10 Å². The van der Waals surface area contributed by atoms with Gasteiger partial charge in [0.25, 0.3) is 10.0 Å². The molecule has 0 saturated heterocycles. The van der Waals surface area contributed by atoms with Crippen molar-refractivity contribution >= 4 is 21.6 Å². The predicted molar refractivity (Wildman–Crippen MR) is 141 cm³/mol. The molecule has 0 radical (unpaired) electrons. The summed E-state index contributed by atoms with van der Waals surface area (Å²) in [4.78, 5) is 13.0. The maximum absolute atomic E-state index is 13.8. The lowest BCUT2D eigenvalue weighted by molar-refractivity contribution is -0.120. The summed E-state index contributed by atoms with van der Waals surface area (Å²) in [5.74, 6) is 1.46. The first-order valence-electron chi connectivity index (χ1n) is 11.6. The molecule has 3 aromatic carbocycles. The molecule has 0 heterocycles. The number of nitrogens with zero attached hydrogens (tertiary/aromatic N) is 1. The smallest absolute Gasteiger partial charge is 0.264 e. The van der Waals surface area contributed by atoms with Crippen LogP contribution in [0.1, 0.15) is 25.5 Å². The molecule has 0 bridgehead atoms. The molecule has 0 saturated carbocycles. The summed E-state index contributed by atoms with van der Waals surface area (Å²) in [7, 11) is 0.304. The van der Waals surface area contributed by atoms with Crippen molar-refractivity contribution in [2.24, 2.45) is 0 Å². The molecule has 9 nitrogen and oxygen atoms in total. The zero-order chi connectivity index (χ0) is 27.0. The number of carbonyl (C=O) groups excluding carboxylic acids is 1. The molecule has 37 heavy (non-hydrogen) atoms. The molecule has 1 N–H and O–H groups in total. The van der Waals surface area contributed by atoms with Gasteiger partial charge in [-0.25, -0.2) is 8.42 Å². The molecule has 0 aliphatic carbocycles. The highest BCUT2D eigenvalue weighted by Crippen LogP contribution is 2.32. The Bertz CT molecular complexity index is 1290. The number of methoxy groups -OCH3 is 3. The number of benzene rings is 3. The van der Waals surface area contributed by atoms with Crippen LogP contribution in [0.25, 0.3) is 0 Å². The summed E-state index contributed by atoms with van der Waals surface area (Å²) in [5, 5.41) is 2.87. The first-order valence-corrected chi connectivity index (χ1v) is 13.1. The zero-order valence-electron chi connectivity index (χ0n) is 21.6. The normalized spacial score (nSPS) is 11.8. The van der Waals surface area contributed by atoms with Gasteiger partial charge in [0.05, 0.1) is 44.6 Å². The highest BCUT2D eigenvalue weighted by molar-refractivity contribution is 7.92. The average molecular weight is 529 g/mol. The van der Waals surface area contributed by atoms with Gasteiger partial charge in [-0.15, -0.1) is 0 Å². The van der Waals surface area contributed by atoms with E-state index in [1.54, 1.807) is 43.5 Å². The number of ether oxygens (including phenoxy) is 4. The Balaban J connectivity index is 1.92. The summed E-state index contributed by atoms with van der Waals surface area (Å²) in [6, 6.07) is 17.7.